The van der Waals surface area contributed by atoms with Gasteiger partial charge < -0.3 is 5.32 Å². The Morgan fingerprint density at radius 1 is 1.00 bits per heavy atom. The largest absolute Gasteiger partial charge is 0.384 e. The lowest BCUT2D eigenvalue weighted by molar-refractivity contribution is 0.601. The summed E-state index contributed by atoms with van der Waals surface area (Å²) in [4.78, 5) is 0.251. The van der Waals surface area contributed by atoms with E-state index in [9.17, 15) is 8.42 Å². The van der Waals surface area contributed by atoms with Crippen LogP contribution in [0.2, 0.25) is 0 Å². The van der Waals surface area contributed by atoms with Crippen molar-refractivity contribution in [1.82, 2.24) is 0 Å². The van der Waals surface area contributed by atoms with Crippen molar-refractivity contribution in [3.05, 3.63) is 52.1 Å². The first-order chi connectivity index (χ1) is 9.54. The van der Waals surface area contributed by atoms with Gasteiger partial charge in [0.15, 0.2) is 0 Å². The van der Waals surface area contributed by atoms with Crippen LogP contribution in [-0.2, 0) is 10.0 Å². The minimum Gasteiger partial charge on any atom is -0.384 e. The minimum atomic E-state index is -3.61. The number of halogens is 1. The Hall–Kier alpha value is -1.28. The van der Waals surface area contributed by atoms with E-state index >= 15 is 0 Å². The third-order valence-electron chi connectivity index (χ3n) is 2.66. The Morgan fingerprint density at radius 3 is 2.25 bits per heavy atom. The number of nitrogens with one attached hydrogen (secondary N) is 2. The van der Waals surface area contributed by atoms with Gasteiger partial charge in [-0.3, -0.25) is 4.72 Å². The Balaban J connectivity index is 2.39. The number of rotatable bonds is 5. The maximum absolute atomic E-state index is 12.5. The van der Waals surface area contributed by atoms with Crippen molar-refractivity contribution in [2.24, 2.45) is 0 Å². The van der Waals surface area contributed by atoms with Crippen molar-refractivity contribution in [2.45, 2.75) is 11.8 Å². The maximum atomic E-state index is 12.5. The summed E-state index contributed by atoms with van der Waals surface area (Å²) in [6, 6.07) is 14.1. The molecule has 0 aliphatic heterocycles. The molecule has 0 spiro atoms. The van der Waals surface area contributed by atoms with Crippen molar-refractivity contribution >= 4 is 44.0 Å². The molecule has 4 nitrogen and oxygen atoms in total. The zero-order valence-corrected chi connectivity index (χ0v) is 13.9. The highest BCUT2D eigenvalue weighted by Crippen LogP contribution is 2.25. The van der Waals surface area contributed by atoms with Gasteiger partial charge in [-0.15, -0.1) is 0 Å². The van der Waals surface area contributed by atoms with Crippen LogP contribution in [0.5, 0.6) is 0 Å². The second kappa shape index (κ2) is 6.45. The molecule has 0 aliphatic rings. The average molecular weight is 402 g/mol. The molecule has 6 heteroatoms. The van der Waals surface area contributed by atoms with Crippen molar-refractivity contribution in [2.75, 3.05) is 16.6 Å². The highest BCUT2D eigenvalue weighted by atomic mass is 127. The first-order valence-corrected chi connectivity index (χ1v) is 8.71. The van der Waals surface area contributed by atoms with Gasteiger partial charge in [-0.25, -0.2) is 8.42 Å². The average Bonchev–Trinajstić information content (AvgIpc) is 2.42. The minimum absolute atomic E-state index is 0.251. The number of hydrogen-bond acceptors (Lipinski definition) is 3. The van der Waals surface area contributed by atoms with Crippen molar-refractivity contribution in [3.63, 3.8) is 0 Å². The van der Waals surface area contributed by atoms with Crippen LogP contribution in [0.4, 0.5) is 11.4 Å². The number of anilines is 2. The zero-order chi connectivity index (χ0) is 14.6. The van der Waals surface area contributed by atoms with Crippen LogP contribution in [0.1, 0.15) is 6.92 Å². The summed E-state index contributed by atoms with van der Waals surface area (Å²) in [5.74, 6) is 0. The number of para-hydroxylation sites is 2. The molecule has 0 atom stereocenters. The fourth-order valence-electron chi connectivity index (χ4n) is 1.78. The van der Waals surface area contributed by atoms with Crippen LogP contribution in [0, 0.1) is 3.57 Å². The van der Waals surface area contributed by atoms with Gasteiger partial charge in [-0.05, 0) is 53.8 Å². The van der Waals surface area contributed by atoms with Crippen LogP contribution < -0.4 is 10.0 Å². The quantitative estimate of drug-likeness (QED) is 0.753. The van der Waals surface area contributed by atoms with Gasteiger partial charge in [-0.2, -0.15) is 0 Å². The molecule has 0 fully saturated rings. The monoisotopic (exact) mass is 402 g/mol. The topological polar surface area (TPSA) is 58.2 Å². The molecule has 0 unspecified atom stereocenters. The third kappa shape index (κ3) is 3.43. The Bertz CT molecular complexity index is 702. The van der Waals surface area contributed by atoms with E-state index in [-0.39, 0.29) is 4.90 Å². The molecule has 0 aromatic heterocycles. The smallest absolute Gasteiger partial charge is 0.263 e. The molecule has 106 valence electrons. The van der Waals surface area contributed by atoms with Crippen LogP contribution in [0.25, 0.3) is 0 Å². The van der Waals surface area contributed by atoms with Gasteiger partial charge >= 0.3 is 0 Å². The van der Waals surface area contributed by atoms with E-state index < -0.39 is 10.0 Å². The summed E-state index contributed by atoms with van der Waals surface area (Å²) in [5.41, 5.74) is 1.19. The molecule has 2 aromatic rings. The zero-order valence-electron chi connectivity index (χ0n) is 10.9. The number of sulfonamides is 1. The van der Waals surface area contributed by atoms with Crippen LogP contribution in [0.3, 0.4) is 0 Å². The van der Waals surface area contributed by atoms with Gasteiger partial charge in [0.25, 0.3) is 10.0 Å². The Kier molecular flexibility index (Phi) is 4.87. The molecule has 0 amide bonds. The molecule has 0 saturated carbocycles. The predicted octanol–water partition coefficient (Wildman–Crippen LogP) is 3.52. The molecular weight excluding hydrogens is 387 g/mol. The highest BCUT2D eigenvalue weighted by molar-refractivity contribution is 14.1. The number of benzene rings is 2. The second-order valence-corrected chi connectivity index (χ2v) is 6.92. The molecule has 2 rings (SSSR count). The fraction of sp³-hybridized carbons (Fsp3) is 0.143. The van der Waals surface area contributed by atoms with Gasteiger partial charge in [0.2, 0.25) is 0 Å². The van der Waals surface area contributed by atoms with Crippen molar-refractivity contribution in [3.8, 4) is 0 Å². The standard InChI is InChI=1S/C14H15IN2O2S/c1-2-16-13-9-5-6-10-14(13)20(18,19)17-12-8-4-3-7-11(12)15/h3-10,16-17H,2H2,1H3. The lowest BCUT2D eigenvalue weighted by atomic mass is 10.3. The summed E-state index contributed by atoms with van der Waals surface area (Å²) in [5, 5.41) is 3.06. The predicted molar refractivity (Wildman–Crippen MR) is 90.6 cm³/mol. The van der Waals surface area contributed by atoms with E-state index in [1.165, 1.54) is 0 Å². The first kappa shape index (κ1) is 15.1. The molecule has 0 saturated heterocycles. The molecule has 0 heterocycles. The maximum Gasteiger partial charge on any atom is 0.263 e. The normalized spacial score (nSPS) is 11.1. The lowest BCUT2D eigenvalue weighted by Crippen LogP contribution is -2.16. The van der Waals surface area contributed by atoms with E-state index in [0.29, 0.717) is 17.9 Å². The molecular formula is C14H15IN2O2S. The van der Waals surface area contributed by atoms with Crippen molar-refractivity contribution < 1.29 is 8.42 Å². The molecule has 20 heavy (non-hydrogen) atoms. The summed E-state index contributed by atoms with van der Waals surface area (Å²) < 4.78 is 28.5. The SMILES string of the molecule is CCNc1ccccc1S(=O)(=O)Nc1ccccc1I. The molecule has 2 N–H and O–H groups in total. The van der Waals surface area contributed by atoms with E-state index in [0.717, 1.165) is 3.57 Å². The Labute approximate surface area is 132 Å². The summed E-state index contributed by atoms with van der Waals surface area (Å²) in [7, 11) is -3.61. The second-order valence-electron chi connectivity index (χ2n) is 4.11. The lowest BCUT2D eigenvalue weighted by Gasteiger charge is -2.13. The van der Waals surface area contributed by atoms with Gasteiger partial charge in [0.1, 0.15) is 4.90 Å². The summed E-state index contributed by atoms with van der Waals surface area (Å²) in [6.07, 6.45) is 0. The van der Waals surface area contributed by atoms with Crippen molar-refractivity contribution in [1.29, 1.82) is 0 Å². The van der Waals surface area contributed by atoms with Gasteiger partial charge in [0, 0.05) is 10.1 Å². The molecule has 0 bridgehead atoms. The van der Waals surface area contributed by atoms with Crippen LogP contribution >= 0.6 is 22.6 Å². The Morgan fingerprint density at radius 2 is 1.60 bits per heavy atom. The molecule has 0 aliphatic carbocycles. The summed E-state index contributed by atoms with van der Waals surface area (Å²) >= 11 is 2.10. The van der Waals surface area contributed by atoms with E-state index in [1.807, 2.05) is 25.1 Å². The highest BCUT2D eigenvalue weighted by Gasteiger charge is 2.18. The molecule has 0 radical (unpaired) electrons. The summed E-state index contributed by atoms with van der Waals surface area (Å²) in [6.45, 7) is 2.59. The van der Waals surface area contributed by atoms with E-state index in [4.69, 9.17) is 0 Å². The van der Waals surface area contributed by atoms with Gasteiger partial charge in [-0.1, -0.05) is 24.3 Å². The fourth-order valence-corrected chi connectivity index (χ4v) is 3.75. The third-order valence-corrected chi connectivity index (χ3v) is 5.03. The van der Waals surface area contributed by atoms with Crippen LogP contribution in [-0.4, -0.2) is 15.0 Å². The van der Waals surface area contributed by atoms with E-state index in [2.05, 4.69) is 32.6 Å². The molecule has 2 aromatic carbocycles. The van der Waals surface area contributed by atoms with Crippen LogP contribution in [0.15, 0.2) is 53.4 Å². The first-order valence-electron chi connectivity index (χ1n) is 6.15. The van der Waals surface area contributed by atoms with E-state index in [1.54, 1.807) is 30.3 Å². The number of hydrogen-bond donors (Lipinski definition) is 2. The van der Waals surface area contributed by atoms with Gasteiger partial charge in [0.05, 0.1) is 11.4 Å².